The Morgan fingerprint density at radius 2 is 2.35 bits per heavy atom. The SMILES string of the molecule is CCC(N)C(=O)Nc1ccc2[nH]c(=O)oc2c1. The Bertz CT molecular complexity index is 599. The predicted molar refractivity (Wildman–Crippen MR) is 63.7 cm³/mol. The Hall–Kier alpha value is -2.08. The molecule has 90 valence electrons. The van der Waals surface area contributed by atoms with Gasteiger partial charge in [-0.1, -0.05) is 6.92 Å². The van der Waals surface area contributed by atoms with Crippen LogP contribution in [0, 0.1) is 0 Å². The Morgan fingerprint density at radius 1 is 1.59 bits per heavy atom. The molecule has 1 atom stereocenters. The number of aromatic nitrogens is 1. The van der Waals surface area contributed by atoms with Crippen LogP contribution in [0.1, 0.15) is 13.3 Å². The van der Waals surface area contributed by atoms with Gasteiger partial charge in [0.05, 0.1) is 11.6 Å². The Balaban J connectivity index is 2.24. The van der Waals surface area contributed by atoms with Gasteiger partial charge in [-0.3, -0.25) is 9.78 Å². The molecule has 0 bridgehead atoms. The Labute approximate surface area is 96.8 Å². The first kappa shape index (κ1) is 11.4. The Kier molecular flexibility index (Phi) is 2.97. The van der Waals surface area contributed by atoms with Crippen LogP contribution in [0.25, 0.3) is 11.1 Å². The van der Waals surface area contributed by atoms with Crippen LogP contribution in [0.5, 0.6) is 0 Å². The number of oxazole rings is 1. The normalized spacial score (nSPS) is 12.6. The van der Waals surface area contributed by atoms with Crippen molar-refractivity contribution in [2.45, 2.75) is 19.4 Å². The van der Waals surface area contributed by atoms with Crippen molar-refractivity contribution in [3.05, 3.63) is 28.7 Å². The number of H-pyrrole nitrogens is 1. The first-order valence-corrected chi connectivity index (χ1v) is 5.29. The molecule has 1 amide bonds. The van der Waals surface area contributed by atoms with Gasteiger partial charge >= 0.3 is 5.76 Å². The molecule has 17 heavy (non-hydrogen) atoms. The van der Waals surface area contributed by atoms with Gasteiger partial charge in [0.25, 0.3) is 0 Å². The standard InChI is InChI=1S/C11H13N3O3/c1-2-7(12)10(15)13-6-3-4-8-9(5-6)17-11(16)14-8/h3-5,7H,2,12H2,1H3,(H,13,15)(H,14,16). The van der Waals surface area contributed by atoms with E-state index in [0.717, 1.165) is 0 Å². The van der Waals surface area contributed by atoms with Gasteiger partial charge in [0.15, 0.2) is 5.58 Å². The van der Waals surface area contributed by atoms with Gasteiger partial charge in [0.2, 0.25) is 5.91 Å². The highest BCUT2D eigenvalue weighted by molar-refractivity contribution is 5.95. The fourth-order valence-corrected chi connectivity index (χ4v) is 1.44. The second-order valence-electron chi connectivity index (χ2n) is 3.73. The lowest BCUT2D eigenvalue weighted by molar-refractivity contribution is -0.117. The van der Waals surface area contributed by atoms with Crippen LogP contribution in [0.3, 0.4) is 0 Å². The monoisotopic (exact) mass is 235 g/mol. The van der Waals surface area contributed by atoms with E-state index in [1.165, 1.54) is 0 Å². The molecule has 1 aromatic heterocycles. The fraction of sp³-hybridized carbons (Fsp3) is 0.273. The summed E-state index contributed by atoms with van der Waals surface area (Å²) >= 11 is 0. The molecule has 0 fully saturated rings. The maximum absolute atomic E-state index is 11.5. The number of amides is 1. The third kappa shape index (κ3) is 2.36. The topological polar surface area (TPSA) is 101 Å². The first-order chi connectivity index (χ1) is 8.10. The zero-order chi connectivity index (χ0) is 12.4. The van der Waals surface area contributed by atoms with Crippen molar-refractivity contribution < 1.29 is 9.21 Å². The summed E-state index contributed by atoms with van der Waals surface area (Å²) in [5.41, 5.74) is 7.13. The number of carbonyl (C=O) groups excluding carboxylic acids is 1. The van der Waals surface area contributed by atoms with Crippen LogP contribution in [-0.4, -0.2) is 16.9 Å². The maximum atomic E-state index is 11.5. The number of aromatic amines is 1. The van der Waals surface area contributed by atoms with Gasteiger partial charge in [0.1, 0.15) is 0 Å². The second kappa shape index (κ2) is 4.42. The number of nitrogens with one attached hydrogen (secondary N) is 2. The molecule has 1 heterocycles. The summed E-state index contributed by atoms with van der Waals surface area (Å²) in [4.78, 5) is 25.0. The number of benzene rings is 1. The molecule has 0 aliphatic rings. The van der Waals surface area contributed by atoms with E-state index in [-0.39, 0.29) is 5.91 Å². The minimum atomic E-state index is -0.538. The third-order valence-corrected chi connectivity index (χ3v) is 2.47. The van der Waals surface area contributed by atoms with Crippen molar-refractivity contribution in [1.29, 1.82) is 0 Å². The lowest BCUT2D eigenvalue weighted by Gasteiger charge is -2.09. The molecule has 0 saturated carbocycles. The summed E-state index contributed by atoms with van der Waals surface area (Å²) in [5.74, 6) is -0.779. The summed E-state index contributed by atoms with van der Waals surface area (Å²) in [6, 6.07) is 4.37. The van der Waals surface area contributed by atoms with Crippen LogP contribution >= 0.6 is 0 Å². The summed E-state index contributed by atoms with van der Waals surface area (Å²) in [6.07, 6.45) is 0.563. The van der Waals surface area contributed by atoms with Crippen LogP contribution in [0.2, 0.25) is 0 Å². The number of anilines is 1. The smallest absolute Gasteiger partial charge is 0.408 e. The molecule has 4 N–H and O–H groups in total. The molecular weight excluding hydrogens is 222 g/mol. The molecule has 0 saturated heterocycles. The van der Waals surface area contributed by atoms with E-state index < -0.39 is 11.8 Å². The average Bonchev–Trinajstić information content (AvgIpc) is 2.67. The van der Waals surface area contributed by atoms with E-state index in [2.05, 4.69) is 10.3 Å². The van der Waals surface area contributed by atoms with Crippen molar-refractivity contribution in [1.82, 2.24) is 4.98 Å². The van der Waals surface area contributed by atoms with Crippen LogP contribution in [0.4, 0.5) is 5.69 Å². The lowest BCUT2D eigenvalue weighted by atomic mass is 10.2. The van der Waals surface area contributed by atoms with Gasteiger partial charge in [0, 0.05) is 11.8 Å². The molecule has 0 aliphatic heterocycles. The maximum Gasteiger partial charge on any atom is 0.417 e. The molecule has 6 nitrogen and oxygen atoms in total. The van der Waals surface area contributed by atoms with Crippen molar-refractivity contribution in [2.24, 2.45) is 5.73 Å². The summed E-state index contributed by atoms with van der Waals surface area (Å²) in [7, 11) is 0. The number of hydrogen-bond acceptors (Lipinski definition) is 4. The fourth-order valence-electron chi connectivity index (χ4n) is 1.44. The zero-order valence-corrected chi connectivity index (χ0v) is 9.32. The minimum absolute atomic E-state index is 0.260. The second-order valence-corrected chi connectivity index (χ2v) is 3.73. The summed E-state index contributed by atoms with van der Waals surface area (Å²) < 4.78 is 4.88. The number of fused-ring (bicyclic) bond motifs is 1. The minimum Gasteiger partial charge on any atom is -0.408 e. The lowest BCUT2D eigenvalue weighted by Crippen LogP contribution is -2.34. The molecular formula is C11H13N3O3. The molecule has 1 aromatic carbocycles. The van der Waals surface area contributed by atoms with Crippen LogP contribution < -0.4 is 16.8 Å². The predicted octanol–water partition coefficient (Wildman–Crippen LogP) is 0.797. The number of carbonyl (C=O) groups is 1. The Morgan fingerprint density at radius 3 is 3.06 bits per heavy atom. The average molecular weight is 235 g/mol. The molecule has 6 heteroatoms. The molecule has 2 aromatic rings. The largest absolute Gasteiger partial charge is 0.417 e. The van der Waals surface area contributed by atoms with E-state index >= 15 is 0 Å². The van der Waals surface area contributed by atoms with Crippen LogP contribution in [0.15, 0.2) is 27.4 Å². The van der Waals surface area contributed by atoms with Crippen molar-refractivity contribution in [2.75, 3.05) is 5.32 Å². The van der Waals surface area contributed by atoms with E-state index in [0.29, 0.717) is 23.2 Å². The quantitative estimate of drug-likeness (QED) is 0.732. The zero-order valence-electron chi connectivity index (χ0n) is 9.32. The summed E-state index contributed by atoms with van der Waals surface area (Å²) in [5, 5.41) is 2.65. The van der Waals surface area contributed by atoms with Gasteiger partial charge in [-0.25, -0.2) is 4.79 Å². The van der Waals surface area contributed by atoms with Gasteiger partial charge < -0.3 is 15.5 Å². The van der Waals surface area contributed by atoms with Gasteiger partial charge in [-0.15, -0.1) is 0 Å². The highest BCUT2D eigenvalue weighted by Gasteiger charge is 2.11. The van der Waals surface area contributed by atoms with Gasteiger partial charge in [-0.2, -0.15) is 0 Å². The molecule has 0 spiro atoms. The van der Waals surface area contributed by atoms with E-state index in [1.807, 2.05) is 6.92 Å². The molecule has 1 unspecified atom stereocenters. The van der Waals surface area contributed by atoms with Crippen molar-refractivity contribution in [3.8, 4) is 0 Å². The number of rotatable bonds is 3. The van der Waals surface area contributed by atoms with E-state index in [4.69, 9.17) is 10.2 Å². The van der Waals surface area contributed by atoms with Gasteiger partial charge in [-0.05, 0) is 18.6 Å². The van der Waals surface area contributed by atoms with E-state index in [9.17, 15) is 9.59 Å². The third-order valence-electron chi connectivity index (χ3n) is 2.47. The summed E-state index contributed by atoms with van der Waals surface area (Å²) in [6.45, 7) is 1.83. The van der Waals surface area contributed by atoms with Crippen molar-refractivity contribution >= 4 is 22.7 Å². The first-order valence-electron chi connectivity index (χ1n) is 5.29. The highest BCUT2D eigenvalue weighted by Crippen LogP contribution is 2.16. The molecule has 0 radical (unpaired) electrons. The molecule has 2 rings (SSSR count). The molecule has 0 aliphatic carbocycles. The van der Waals surface area contributed by atoms with E-state index in [1.54, 1.807) is 18.2 Å². The highest BCUT2D eigenvalue weighted by atomic mass is 16.4. The van der Waals surface area contributed by atoms with Crippen LogP contribution in [-0.2, 0) is 4.79 Å². The number of nitrogens with two attached hydrogens (primary N) is 1. The van der Waals surface area contributed by atoms with Crippen molar-refractivity contribution in [3.63, 3.8) is 0 Å². The number of hydrogen-bond donors (Lipinski definition) is 3.